The van der Waals surface area contributed by atoms with Crippen molar-refractivity contribution in [2.24, 2.45) is 4.99 Å². The van der Waals surface area contributed by atoms with Crippen LogP contribution in [-0.4, -0.2) is 53.3 Å². The first-order valence-electron chi connectivity index (χ1n) is 10.1. The first-order chi connectivity index (χ1) is 15.7. The number of carbonyl (C=O) groups is 2. The van der Waals surface area contributed by atoms with E-state index < -0.39 is 40.3 Å². The fourth-order valence-electron chi connectivity index (χ4n) is 3.19. The number of carbonyl (C=O) groups excluding carboxylic acids is 2. The number of nitrogens with zero attached hydrogens (tertiary/aromatic N) is 1. The van der Waals surface area contributed by atoms with Gasteiger partial charge in [-0.3, -0.25) is 4.99 Å². The minimum absolute atomic E-state index is 0.0971. The summed E-state index contributed by atoms with van der Waals surface area (Å²) in [7, 11) is 1.39. The van der Waals surface area contributed by atoms with E-state index in [-0.39, 0.29) is 12.3 Å². The van der Waals surface area contributed by atoms with Crippen LogP contribution in [0.25, 0.3) is 0 Å². The molecule has 0 aromatic heterocycles. The summed E-state index contributed by atoms with van der Waals surface area (Å²) in [6.45, 7) is 1.70. The van der Waals surface area contributed by atoms with Crippen molar-refractivity contribution < 1.29 is 28.5 Å². The van der Waals surface area contributed by atoms with Crippen molar-refractivity contribution in [3.63, 3.8) is 0 Å². The third-order valence-electron chi connectivity index (χ3n) is 4.85. The summed E-state index contributed by atoms with van der Waals surface area (Å²) < 4.78 is 20.9. The van der Waals surface area contributed by atoms with Gasteiger partial charge in [-0.25, -0.2) is 9.59 Å². The van der Waals surface area contributed by atoms with E-state index in [1.54, 1.807) is 67.6 Å². The number of ether oxygens (including phenoxy) is 4. The molecule has 1 heterocycles. The van der Waals surface area contributed by atoms with Gasteiger partial charge in [-0.15, -0.1) is 0 Å². The quantitative estimate of drug-likeness (QED) is 0.242. The van der Waals surface area contributed by atoms with Crippen molar-refractivity contribution in [3.05, 3.63) is 71.8 Å². The van der Waals surface area contributed by atoms with E-state index in [1.807, 2.05) is 0 Å². The van der Waals surface area contributed by atoms with E-state index in [2.05, 4.69) is 4.99 Å². The number of rotatable bonds is 5. The van der Waals surface area contributed by atoms with E-state index in [1.165, 1.54) is 7.05 Å². The second kappa shape index (κ2) is 11.2. The molecule has 1 aliphatic rings. The van der Waals surface area contributed by atoms with E-state index in [0.717, 1.165) is 0 Å². The van der Waals surface area contributed by atoms with Gasteiger partial charge in [-0.05, 0) is 31.2 Å². The third-order valence-corrected chi connectivity index (χ3v) is 5.33. The van der Waals surface area contributed by atoms with Crippen molar-refractivity contribution in [2.45, 2.75) is 41.7 Å². The zero-order chi connectivity index (χ0) is 24.0. The molecule has 3 rings (SSSR count). The highest BCUT2D eigenvalue weighted by molar-refractivity contribution is 6.76. The Labute approximate surface area is 206 Å². The van der Waals surface area contributed by atoms with Gasteiger partial charge in [-0.2, -0.15) is 0 Å². The van der Waals surface area contributed by atoms with Gasteiger partial charge in [0.05, 0.1) is 17.2 Å². The first-order valence-corrected chi connectivity index (χ1v) is 11.2. The summed E-state index contributed by atoms with van der Waals surface area (Å²) in [6.07, 6.45) is -3.36. The summed E-state index contributed by atoms with van der Waals surface area (Å²) in [5.41, 5.74) is 0.718. The fraction of sp³-hybridized carbons (Fsp3) is 0.348. The topological polar surface area (TPSA) is 83.4 Å². The third kappa shape index (κ3) is 6.84. The summed E-state index contributed by atoms with van der Waals surface area (Å²) in [4.78, 5) is 29.1. The lowest BCUT2D eigenvalue weighted by atomic mass is 10.0. The summed E-state index contributed by atoms with van der Waals surface area (Å²) in [6, 6.07) is 16.9. The Morgan fingerprint density at radius 3 is 1.82 bits per heavy atom. The largest absolute Gasteiger partial charge is 0.456 e. The molecule has 2 aromatic carbocycles. The van der Waals surface area contributed by atoms with Crippen LogP contribution >= 0.6 is 34.8 Å². The van der Waals surface area contributed by atoms with Gasteiger partial charge >= 0.3 is 11.9 Å². The van der Waals surface area contributed by atoms with Crippen molar-refractivity contribution in [3.8, 4) is 0 Å². The molecule has 4 atom stereocenters. The van der Waals surface area contributed by atoms with Gasteiger partial charge in [0.2, 0.25) is 12.2 Å². The van der Waals surface area contributed by atoms with Gasteiger partial charge in [0.1, 0.15) is 6.10 Å². The minimum atomic E-state index is -1.95. The van der Waals surface area contributed by atoms with Crippen LogP contribution in [0.5, 0.6) is 0 Å². The molecule has 2 aromatic rings. The Bertz CT molecular complexity index is 981. The van der Waals surface area contributed by atoms with Crippen molar-refractivity contribution in [1.29, 1.82) is 0 Å². The van der Waals surface area contributed by atoms with Crippen LogP contribution in [0.4, 0.5) is 0 Å². The molecule has 4 unspecified atom stereocenters. The highest BCUT2D eigenvalue weighted by Gasteiger charge is 2.44. The predicted octanol–water partition coefficient (Wildman–Crippen LogP) is 4.99. The molecule has 7 nitrogen and oxygen atoms in total. The van der Waals surface area contributed by atoms with Crippen LogP contribution in [0, 0.1) is 0 Å². The predicted molar refractivity (Wildman–Crippen MR) is 125 cm³/mol. The van der Waals surface area contributed by atoms with E-state index >= 15 is 0 Å². The van der Waals surface area contributed by atoms with E-state index in [4.69, 9.17) is 53.8 Å². The lowest BCUT2D eigenvalue weighted by Crippen LogP contribution is -2.51. The Kier molecular flexibility index (Phi) is 8.59. The SMILES string of the molecule is CN=C(OC1OC(C)C(OC(=O)c2ccccc2)CC1OC(=O)c1ccccc1)C(Cl)(Cl)Cl. The van der Waals surface area contributed by atoms with Crippen LogP contribution in [0.15, 0.2) is 65.7 Å². The number of hydrogen-bond acceptors (Lipinski definition) is 7. The Morgan fingerprint density at radius 1 is 0.879 bits per heavy atom. The molecule has 1 fully saturated rings. The minimum Gasteiger partial charge on any atom is -0.456 e. The van der Waals surface area contributed by atoms with Crippen molar-refractivity contribution in [2.75, 3.05) is 7.05 Å². The standard InChI is InChI=1S/C23H22Cl3NO6/c1-14-17(31-19(28)15-9-5-3-6-10-15)13-18(32-20(29)16-11-7-4-8-12-16)21(30-14)33-22(27-2)23(24,25)26/h3-12,14,17-18,21H,13H2,1-2H3. The van der Waals surface area contributed by atoms with Crippen molar-refractivity contribution in [1.82, 2.24) is 0 Å². The maximum absolute atomic E-state index is 12.7. The fourth-order valence-corrected chi connectivity index (χ4v) is 3.57. The average Bonchev–Trinajstić information content (AvgIpc) is 2.80. The first kappa shape index (κ1) is 25.3. The molecular weight excluding hydrogens is 493 g/mol. The van der Waals surface area contributed by atoms with Crippen LogP contribution in [0.3, 0.4) is 0 Å². The molecule has 0 N–H and O–H groups in total. The number of benzene rings is 2. The molecule has 1 aliphatic heterocycles. The Morgan fingerprint density at radius 2 is 1.36 bits per heavy atom. The van der Waals surface area contributed by atoms with E-state index in [0.29, 0.717) is 11.1 Å². The van der Waals surface area contributed by atoms with Gasteiger partial charge in [0.25, 0.3) is 3.79 Å². The molecule has 33 heavy (non-hydrogen) atoms. The normalized spacial score (nSPS) is 23.5. The lowest BCUT2D eigenvalue weighted by molar-refractivity contribution is -0.234. The number of hydrogen-bond donors (Lipinski definition) is 0. The van der Waals surface area contributed by atoms with Crippen LogP contribution in [0.2, 0.25) is 0 Å². The van der Waals surface area contributed by atoms with Gasteiger partial charge in [0.15, 0.2) is 6.10 Å². The van der Waals surface area contributed by atoms with Crippen LogP contribution in [-0.2, 0) is 18.9 Å². The molecule has 0 bridgehead atoms. The summed E-state index contributed by atoms with van der Waals surface area (Å²) >= 11 is 17.7. The summed E-state index contributed by atoms with van der Waals surface area (Å²) in [5.74, 6) is -1.37. The van der Waals surface area contributed by atoms with Gasteiger partial charge < -0.3 is 18.9 Å². The molecule has 176 valence electrons. The average molecular weight is 515 g/mol. The molecule has 0 amide bonds. The molecular formula is C23H22Cl3NO6. The molecule has 10 heteroatoms. The van der Waals surface area contributed by atoms with Gasteiger partial charge in [-0.1, -0.05) is 71.2 Å². The Hall–Kier alpha value is -2.32. The van der Waals surface area contributed by atoms with Crippen LogP contribution in [0.1, 0.15) is 34.1 Å². The molecule has 0 aliphatic carbocycles. The zero-order valence-electron chi connectivity index (χ0n) is 17.8. The summed E-state index contributed by atoms with van der Waals surface area (Å²) in [5, 5.41) is 0. The smallest absolute Gasteiger partial charge is 0.338 e. The second-order valence-electron chi connectivity index (χ2n) is 7.21. The Balaban J connectivity index is 1.79. The number of aliphatic imine (C=N–C) groups is 1. The molecule has 0 spiro atoms. The molecule has 1 saturated heterocycles. The maximum atomic E-state index is 12.7. The maximum Gasteiger partial charge on any atom is 0.338 e. The molecule has 0 saturated carbocycles. The highest BCUT2D eigenvalue weighted by Crippen LogP contribution is 2.33. The molecule has 0 radical (unpaired) electrons. The van der Waals surface area contributed by atoms with E-state index in [9.17, 15) is 9.59 Å². The van der Waals surface area contributed by atoms with Crippen LogP contribution < -0.4 is 0 Å². The number of esters is 2. The number of alkyl halides is 3. The zero-order valence-corrected chi connectivity index (χ0v) is 20.1. The lowest BCUT2D eigenvalue weighted by Gasteiger charge is -2.39. The number of halogens is 3. The van der Waals surface area contributed by atoms with Crippen molar-refractivity contribution >= 4 is 52.6 Å². The highest BCUT2D eigenvalue weighted by atomic mass is 35.6. The monoisotopic (exact) mass is 513 g/mol. The second-order valence-corrected chi connectivity index (χ2v) is 9.49. The van der Waals surface area contributed by atoms with Gasteiger partial charge in [0, 0.05) is 13.5 Å².